The summed E-state index contributed by atoms with van der Waals surface area (Å²) in [5, 5.41) is 11.8. The van der Waals surface area contributed by atoms with Gasteiger partial charge in [0.15, 0.2) is 0 Å². The summed E-state index contributed by atoms with van der Waals surface area (Å²) in [5.41, 5.74) is 7.82. The van der Waals surface area contributed by atoms with Crippen LogP contribution in [0.3, 0.4) is 0 Å². The Morgan fingerprint density at radius 2 is 1.86 bits per heavy atom. The molecule has 9 heteroatoms. The van der Waals surface area contributed by atoms with E-state index in [9.17, 15) is 4.39 Å². The molecule has 5 aromatic heterocycles. The number of hydrogen-bond acceptors (Lipinski definition) is 6. The molecular formula is C28H25FN8. The molecule has 37 heavy (non-hydrogen) atoms. The molecule has 0 unspecified atom stereocenters. The molecule has 0 fully saturated rings. The largest absolute Gasteiger partial charge is 0.384 e. The summed E-state index contributed by atoms with van der Waals surface area (Å²) in [6.45, 7) is 1.55. The first-order valence-corrected chi connectivity index (χ1v) is 12.0. The van der Waals surface area contributed by atoms with E-state index < -0.39 is 0 Å². The van der Waals surface area contributed by atoms with E-state index in [1.54, 1.807) is 18.6 Å². The molecule has 184 valence electrons. The first-order chi connectivity index (χ1) is 18.0. The Labute approximate surface area is 212 Å². The molecule has 0 amide bonds. The molecule has 0 atom stereocenters. The predicted molar refractivity (Wildman–Crippen MR) is 145 cm³/mol. The van der Waals surface area contributed by atoms with E-state index >= 15 is 0 Å². The second-order valence-corrected chi connectivity index (χ2v) is 9.17. The standard InChI is InChI=1S/C28H25FN8/c1-37(2)11-10-31-20-13-18(12-19(29)14-20)26-21-15-25(33-23(21)7-9-32-26)28-27-24(35-36-28)6-5-22(34-27)17-4-3-8-30-16-17/h3-9,12-16,31,33H,10-11H2,1-2H3,(H,35,36). The van der Waals surface area contributed by atoms with Crippen LogP contribution in [0.15, 0.2) is 73.2 Å². The van der Waals surface area contributed by atoms with Gasteiger partial charge in [-0.1, -0.05) is 0 Å². The van der Waals surface area contributed by atoms with E-state index in [-0.39, 0.29) is 5.82 Å². The molecule has 0 saturated carbocycles. The van der Waals surface area contributed by atoms with Crippen molar-refractivity contribution in [2.45, 2.75) is 0 Å². The molecule has 0 saturated heterocycles. The quantitative estimate of drug-likeness (QED) is 0.278. The van der Waals surface area contributed by atoms with Gasteiger partial charge in [0.25, 0.3) is 0 Å². The first kappa shape index (κ1) is 22.8. The maximum absolute atomic E-state index is 14.6. The smallest absolute Gasteiger partial charge is 0.135 e. The lowest BCUT2D eigenvalue weighted by Crippen LogP contribution is -2.20. The number of nitrogens with one attached hydrogen (secondary N) is 3. The highest BCUT2D eigenvalue weighted by molar-refractivity contribution is 5.99. The van der Waals surface area contributed by atoms with E-state index in [0.29, 0.717) is 23.5 Å². The average Bonchev–Trinajstić information content (AvgIpc) is 3.52. The summed E-state index contributed by atoms with van der Waals surface area (Å²) in [6.07, 6.45) is 5.25. The molecule has 3 N–H and O–H groups in total. The van der Waals surface area contributed by atoms with E-state index in [0.717, 1.165) is 51.1 Å². The van der Waals surface area contributed by atoms with Crippen LogP contribution in [-0.4, -0.2) is 62.2 Å². The average molecular weight is 493 g/mol. The second-order valence-electron chi connectivity index (χ2n) is 9.17. The van der Waals surface area contributed by atoms with Crippen LogP contribution >= 0.6 is 0 Å². The number of rotatable bonds is 7. The Kier molecular flexibility index (Phi) is 5.82. The Hall–Kier alpha value is -4.63. The zero-order valence-corrected chi connectivity index (χ0v) is 20.5. The third-order valence-corrected chi connectivity index (χ3v) is 6.23. The number of benzene rings is 1. The number of anilines is 1. The van der Waals surface area contributed by atoms with Gasteiger partial charge in [-0.3, -0.25) is 15.1 Å². The zero-order chi connectivity index (χ0) is 25.4. The number of pyridine rings is 3. The van der Waals surface area contributed by atoms with Crippen molar-refractivity contribution in [3.8, 4) is 33.9 Å². The summed E-state index contributed by atoms with van der Waals surface area (Å²) in [4.78, 5) is 19.2. The van der Waals surface area contributed by atoms with Gasteiger partial charge < -0.3 is 15.2 Å². The summed E-state index contributed by atoms with van der Waals surface area (Å²) in [5.74, 6) is -0.315. The third-order valence-electron chi connectivity index (χ3n) is 6.23. The highest BCUT2D eigenvalue weighted by atomic mass is 19.1. The van der Waals surface area contributed by atoms with Crippen molar-refractivity contribution in [2.24, 2.45) is 0 Å². The van der Waals surface area contributed by atoms with Crippen LogP contribution in [-0.2, 0) is 0 Å². The maximum atomic E-state index is 14.6. The van der Waals surface area contributed by atoms with Gasteiger partial charge in [0.05, 0.1) is 22.6 Å². The normalized spacial score (nSPS) is 11.6. The van der Waals surface area contributed by atoms with Crippen LogP contribution in [0.25, 0.3) is 55.8 Å². The number of likely N-dealkylation sites (N-methyl/N-ethyl adjacent to an activating group) is 1. The molecule has 0 aliphatic rings. The second kappa shape index (κ2) is 9.44. The summed E-state index contributed by atoms with van der Waals surface area (Å²) in [6, 6.07) is 16.6. The van der Waals surface area contributed by atoms with Crippen LogP contribution in [0.1, 0.15) is 0 Å². The van der Waals surface area contributed by atoms with Gasteiger partial charge in [0.1, 0.15) is 17.0 Å². The number of hydrogen-bond donors (Lipinski definition) is 3. The summed E-state index contributed by atoms with van der Waals surface area (Å²) < 4.78 is 14.6. The van der Waals surface area contributed by atoms with E-state index in [2.05, 4.69) is 35.4 Å². The lowest BCUT2D eigenvalue weighted by atomic mass is 10.1. The van der Waals surface area contributed by atoms with Crippen LogP contribution < -0.4 is 5.32 Å². The van der Waals surface area contributed by atoms with Gasteiger partial charge in [0, 0.05) is 59.4 Å². The van der Waals surface area contributed by atoms with E-state index in [4.69, 9.17) is 4.98 Å². The molecule has 0 radical (unpaired) electrons. The monoisotopic (exact) mass is 492 g/mol. The third kappa shape index (κ3) is 4.52. The van der Waals surface area contributed by atoms with E-state index in [1.807, 2.05) is 56.6 Å². The maximum Gasteiger partial charge on any atom is 0.135 e. The minimum Gasteiger partial charge on any atom is -0.384 e. The molecule has 6 aromatic rings. The van der Waals surface area contributed by atoms with Crippen LogP contribution in [0.2, 0.25) is 0 Å². The molecule has 0 spiro atoms. The number of H-pyrrole nitrogens is 2. The SMILES string of the molecule is CN(C)CCNc1cc(F)cc(-c2nccc3[nH]c(-c4n[nH]c5ccc(-c6cccnc6)nc45)cc23)c1. The molecule has 8 nitrogen and oxygen atoms in total. The Morgan fingerprint density at radius 1 is 0.946 bits per heavy atom. The minimum atomic E-state index is -0.315. The lowest BCUT2D eigenvalue weighted by Gasteiger charge is -2.12. The Morgan fingerprint density at radius 3 is 2.70 bits per heavy atom. The fourth-order valence-corrected chi connectivity index (χ4v) is 4.43. The molecule has 0 aliphatic heterocycles. The van der Waals surface area contributed by atoms with Crippen LogP contribution in [0.4, 0.5) is 10.1 Å². The fourth-order valence-electron chi connectivity index (χ4n) is 4.43. The minimum absolute atomic E-state index is 0.315. The van der Waals surface area contributed by atoms with Gasteiger partial charge >= 0.3 is 0 Å². The zero-order valence-electron chi connectivity index (χ0n) is 20.5. The van der Waals surface area contributed by atoms with E-state index in [1.165, 1.54) is 12.1 Å². The fraction of sp³-hybridized carbons (Fsp3) is 0.143. The topological polar surface area (TPSA) is 98.4 Å². The Balaban J connectivity index is 1.41. The van der Waals surface area contributed by atoms with Crippen LogP contribution in [0.5, 0.6) is 0 Å². The lowest BCUT2D eigenvalue weighted by molar-refractivity contribution is 0.425. The van der Waals surface area contributed by atoms with Crippen molar-refractivity contribution >= 4 is 27.6 Å². The molecule has 5 heterocycles. The predicted octanol–water partition coefficient (Wildman–Crippen LogP) is 5.34. The van der Waals surface area contributed by atoms with Crippen LogP contribution in [0, 0.1) is 5.82 Å². The van der Waals surface area contributed by atoms with Gasteiger partial charge in [-0.25, -0.2) is 9.37 Å². The van der Waals surface area contributed by atoms with Gasteiger partial charge in [-0.2, -0.15) is 5.10 Å². The first-order valence-electron chi connectivity index (χ1n) is 12.0. The van der Waals surface area contributed by atoms with Crippen molar-refractivity contribution in [3.05, 3.63) is 79.0 Å². The summed E-state index contributed by atoms with van der Waals surface area (Å²) in [7, 11) is 4.01. The molecule has 1 aromatic carbocycles. The van der Waals surface area contributed by atoms with Gasteiger partial charge in [-0.15, -0.1) is 0 Å². The van der Waals surface area contributed by atoms with Crippen molar-refractivity contribution < 1.29 is 4.39 Å². The molecule has 0 aliphatic carbocycles. The summed E-state index contributed by atoms with van der Waals surface area (Å²) >= 11 is 0. The Bertz CT molecular complexity index is 1700. The number of nitrogens with zero attached hydrogens (tertiary/aromatic N) is 5. The molecule has 0 bridgehead atoms. The van der Waals surface area contributed by atoms with Gasteiger partial charge in [0.2, 0.25) is 0 Å². The van der Waals surface area contributed by atoms with Crippen molar-refractivity contribution in [3.63, 3.8) is 0 Å². The highest BCUT2D eigenvalue weighted by Gasteiger charge is 2.16. The molecule has 6 rings (SSSR count). The van der Waals surface area contributed by atoms with Gasteiger partial charge in [-0.05, 0) is 68.7 Å². The number of fused-ring (bicyclic) bond motifs is 2. The number of aromatic amines is 2. The highest BCUT2D eigenvalue weighted by Crippen LogP contribution is 2.34. The van der Waals surface area contributed by atoms with Crippen molar-refractivity contribution in [2.75, 3.05) is 32.5 Å². The number of halogens is 1. The number of aromatic nitrogens is 6. The van der Waals surface area contributed by atoms with Crippen molar-refractivity contribution in [1.29, 1.82) is 0 Å². The molecular weight excluding hydrogens is 467 g/mol. The van der Waals surface area contributed by atoms with Crippen molar-refractivity contribution in [1.82, 2.24) is 35.0 Å².